The number of para-hydroxylation sites is 1. The van der Waals surface area contributed by atoms with Crippen molar-refractivity contribution in [1.82, 2.24) is 9.88 Å². The molecule has 0 bridgehead atoms. The Morgan fingerprint density at radius 1 is 0.920 bits per heavy atom. The van der Waals surface area contributed by atoms with Crippen LogP contribution in [0.1, 0.15) is 18.4 Å². The maximum atomic E-state index is 12.8. The lowest BCUT2D eigenvalue weighted by molar-refractivity contribution is 0.332. The second-order valence-electron chi connectivity index (χ2n) is 6.46. The summed E-state index contributed by atoms with van der Waals surface area (Å²) in [6.45, 7) is 3.11. The van der Waals surface area contributed by atoms with Crippen LogP contribution in [-0.4, -0.2) is 31.4 Å². The quantitative estimate of drug-likeness (QED) is 0.719. The molecule has 2 heterocycles. The molecule has 1 aliphatic rings. The molecule has 25 heavy (non-hydrogen) atoms. The molecular formula is C20H20N2O2S. The molecule has 4 nitrogen and oxygen atoms in total. The molecule has 128 valence electrons. The van der Waals surface area contributed by atoms with Gasteiger partial charge in [0.05, 0.1) is 15.3 Å². The van der Waals surface area contributed by atoms with Crippen molar-refractivity contribution in [3.8, 4) is 0 Å². The van der Waals surface area contributed by atoms with Crippen molar-refractivity contribution in [2.45, 2.75) is 29.2 Å². The third-order valence-electron chi connectivity index (χ3n) is 4.73. The summed E-state index contributed by atoms with van der Waals surface area (Å²) >= 11 is 0. The van der Waals surface area contributed by atoms with Gasteiger partial charge in [-0.1, -0.05) is 36.4 Å². The molecule has 2 aromatic carbocycles. The Bertz CT molecular complexity index is 995. The zero-order chi connectivity index (χ0) is 17.3. The molecule has 0 atom stereocenters. The number of nitrogens with zero attached hydrogens (tertiary/aromatic N) is 2. The number of hydrogen-bond donors (Lipinski definition) is 0. The van der Waals surface area contributed by atoms with Crippen molar-refractivity contribution >= 4 is 20.7 Å². The van der Waals surface area contributed by atoms with Crippen molar-refractivity contribution in [1.29, 1.82) is 0 Å². The number of likely N-dealkylation sites (tertiary alicyclic amines) is 1. The Morgan fingerprint density at radius 2 is 1.68 bits per heavy atom. The van der Waals surface area contributed by atoms with Crippen LogP contribution in [0.15, 0.2) is 70.6 Å². The zero-order valence-corrected chi connectivity index (χ0v) is 14.7. The standard InChI is InChI=1S/C20H20N2O2S/c23-25(24,18-9-2-1-3-10-18)19-13-16-7-6-8-17(20(16)21-14-19)15-22-11-4-5-12-22/h1-3,6-10,13-14H,4-5,11-12,15H2. The molecule has 0 amide bonds. The fraction of sp³-hybridized carbons (Fsp3) is 0.250. The molecular weight excluding hydrogens is 332 g/mol. The van der Waals surface area contributed by atoms with Crippen molar-refractivity contribution in [2.24, 2.45) is 0 Å². The van der Waals surface area contributed by atoms with Crippen LogP contribution in [0, 0.1) is 0 Å². The lowest BCUT2D eigenvalue weighted by atomic mass is 10.1. The Hall–Kier alpha value is -2.24. The molecule has 0 spiro atoms. The van der Waals surface area contributed by atoms with Crippen molar-refractivity contribution < 1.29 is 8.42 Å². The molecule has 0 unspecified atom stereocenters. The van der Waals surface area contributed by atoms with E-state index in [1.54, 1.807) is 30.3 Å². The van der Waals surface area contributed by atoms with Crippen LogP contribution in [0.2, 0.25) is 0 Å². The van der Waals surface area contributed by atoms with Crippen LogP contribution in [0.4, 0.5) is 0 Å². The van der Waals surface area contributed by atoms with Gasteiger partial charge in [0.25, 0.3) is 0 Å². The van der Waals surface area contributed by atoms with E-state index in [9.17, 15) is 8.42 Å². The lowest BCUT2D eigenvalue weighted by Gasteiger charge is -2.16. The highest BCUT2D eigenvalue weighted by atomic mass is 32.2. The van der Waals surface area contributed by atoms with Gasteiger partial charge < -0.3 is 0 Å². The second-order valence-corrected chi connectivity index (χ2v) is 8.41. The van der Waals surface area contributed by atoms with Gasteiger partial charge in [-0.2, -0.15) is 0 Å². The highest BCUT2D eigenvalue weighted by Crippen LogP contribution is 2.25. The van der Waals surface area contributed by atoms with Crippen LogP contribution in [0.5, 0.6) is 0 Å². The topological polar surface area (TPSA) is 50.3 Å². The number of hydrogen-bond acceptors (Lipinski definition) is 4. The van der Waals surface area contributed by atoms with E-state index < -0.39 is 9.84 Å². The van der Waals surface area contributed by atoms with Gasteiger partial charge in [-0.15, -0.1) is 0 Å². The van der Waals surface area contributed by atoms with Crippen LogP contribution < -0.4 is 0 Å². The number of sulfone groups is 1. The molecule has 1 fully saturated rings. The number of rotatable bonds is 4. The third kappa shape index (κ3) is 3.17. The minimum atomic E-state index is -3.54. The molecule has 0 aliphatic carbocycles. The van der Waals surface area contributed by atoms with Gasteiger partial charge in [-0.3, -0.25) is 9.88 Å². The van der Waals surface area contributed by atoms with E-state index in [4.69, 9.17) is 0 Å². The molecule has 1 aromatic heterocycles. The summed E-state index contributed by atoms with van der Waals surface area (Å²) < 4.78 is 25.6. The van der Waals surface area contributed by atoms with E-state index in [2.05, 4.69) is 16.0 Å². The first-order chi connectivity index (χ1) is 12.1. The first kappa shape index (κ1) is 16.2. The van der Waals surface area contributed by atoms with E-state index in [0.29, 0.717) is 4.90 Å². The minimum absolute atomic E-state index is 0.240. The summed E-state index contributed by atoms with van der Waals surface area (Å²) in [7, 11) is -3.54. The van der Waals surface area contributed by atoms with Crippen molar-refractivity contribution in [2.75, 3.05) is 13.1 Å². The number of pyridine rings is 1. The Morgan fingerprint density at radius 3 is 2.44 bits per heavy atom. The molecule has 4 rings (SSSR count). The van der Waals surface area contributed by atoms with Crippen molar-refractivity contribution in [3.63, 3.8) is 0 Å². The van der Waals surface area contributed by atoms with Crippen LogP contribution in [0.3, 0.4) is 0 Å². The number of aromatic nitrogens is 1. The minimum Gasteiger partial charge on any atom is -0.299 e. The molecule has 0 radical (unpaired) electrons. The molecule has 0 N–H and O–H groups in total. The summed E-state index contributed by atoms with van der Waals surface area (Å²) in [6.07, 6.45) is 3.98. The summed E-state index contributed by atoms with van der Waals surface area (Å²) in [5, 5.41) is 0.869. The number of benzene rings is 2. The van der Waals surface area contributed by atoms with E-state index in [1.807, 2.05) is 18.2 Å². The smallest absolute Gasteiger partial charge is 0.208 e. The SMILES string of the molecule is O=S(=O)(c1ccccc1)c1cnc2c(CN3CCCC3)cccc2c1. The largest absolute Gasteiger partial charge is 0.299 e. The summed E-state index contributed by atoms with van der Waals surface area (Å²) in [6, 6.07) is 16.2. The van der Waals surface area contributed by atoms with Gasteiger partial charge in [-0.05, 0) is 49.7 Å². The monoisotopic (exact) mass is 352 g/mol. The molecule has 1 aliphatic heterocycles. The van der Waals surface area contributed by atoms with Gasteiger partial charge in [-0.25, -0.2) is 8.42 Å². The van der Waals surface area contributed by atoms with E-state index in [0.717, 1.165) is 36.1 Å². The van der Waals surface area contributed by atoms with Crippen molar-refractivity contribution in [3.05, 3.63) is 66.4 Å². The zero-order valence-electron chi connectivity index (χ0n) is 13.9. The lowest BCUT2D eigenvalue weighted by Crippen LogP contribution is -2.18. The normalized spacial score (nSPS) is 15.7. The maximum absolute atomic E-state index is 12.8. The number of fused-ring (bicyclic) bond motifs is 1. The Labute approximate surface area is 148 Å². The predicted molar refractivity (Wildman–Crippen MR) is 98.1 cm³/mol. The summed E-state index contributed by atoms with van der Waals surface area (Å²) in [5.74, 6) is 0. The van der Waals surface area contributed by atoms with Gasteiger partial charge in [0.1, 0.15) is 0 Å². The fourth-order valence-corrected chi connectivity index (χ4v) is 4.66. The predicted octanol–water partition coefficient (Wildman–Crippen LogP) is 3.66. The van der Waals surface area contributed by atoms with Crippen LogP contribution in [0.25, 0.3) is 10.9 Å². The first-order valence-corrected chi connectivity index (χ1v) is 10.0. The molecule has 5 heteroatoms. The second kappa shape index (κ2) is 6.58. The maximum Gasteiger partial charge on any atom is 0.208 e. The summed E-state index contributed by atoms with van der Waals surface area (Å²) in [4.78, 5) is 7.47. The van der Waals surface area contributed by atoms with Crippen LogP contribution >= 0.6 is 0 Å². The van der Waals surface area contributed by atoms with Gasteiger partial charge in [0.2, 0.25) is 9.84 Å². The first-order valence-electron chi connectivity index (χ1n) is 8.55. The van der Waals surface area contributed by atoms with Gasteiger partial charge in [0.15, 0.2) is 0 Å². The molecule has 3 aromatic rings. The van der Waals surface area contributed by atoms with Crippen LogP contribution in [-0.2, 0) is 16.4 Å². The highest BCUT2D eigenvalue weighted by Gasteiger charge is 2.19. The average Bonchev–Trinajstić information content (AvgIpc) is 3.15. The summed E-state index contributed by atoms with van der Waals surface area (Å²) in [5.41, 5.74) is 2.05. The van der Waals surface area contributed by atoms with Gasteiger partial charge in [0, 0.05) is 18.1 Å². The average molecular weight is 352 g/mol. The molecule has 1 saturated heterocycles. The highest BCUT2D eigenvalue weighted by molar-refractivity contribution is 7.91. The Balaban J connectivity index is 1.74. The molecule has 0 saturated carbocycles. The van der Waals surface area contributed by atoms with E-state index >= 15 is 0 Å². The van der Waals surface area contributed by atoms with E-state index in [1.165, 1.54) is 19.0 Å². The fourth-order valence-electron chi connectivity index (χ4n) is 3.40. The van der Waals surface area contributed by atoms with Gasteiger partial charge >= 0.3 is 0 Å². The Kier molecular flexibility index (Phi) is 4.27. The third-order valence-corrected chi connectivity index (χ3v) is 6.46. The van der Waals surface area contributed by atoms with E-state index in [-0.39, 0.29) is 4.90 Å².